The van der Waals surface area contributed by atoms with Gasteiger partial charge in [0.1, 0.15) is 16.7 Å². The van der Waals surface area contributed by atoms with Gasteiger partial charge in [-0.3, -0.25) is 0 Å². The predicted molar refractivity (Wildman–Crippen MR) is 207 cm³/mol. The van der Waals surface area contributed by atoms with Crippen molar-refractivity contribution in [3.63, 3.8) is 0 Å². The van der Waals surface area contributed by atoms with Crippen LogP contribution in [0.1, 0.15) is 0 Å². The van der Waals surface area contributed by atoms with Gasteiger partial charge in [0.05, 0.1) is 0 Å². The molecule has 0 radical (unpaired) electrons. The quantitative estimate of drug-likeness (QED) is 0.175. The number of nitrogens with zero attached hydrogens (tertiary/aromatic N) is 4. The fourth-order valence-electron chi connectivity index (χ4n) is 6.80. The lowest BCUT2D eigenvalue weighted by Crippen LogP contribution is -2.01. The molecule has 10 rings (SSSR count). The van der Waals surface area contributed by atoms with Gasteiger partial charge in [0.15, 0.2) is 23.1 Å². The van der Waals surface area contributed by atoms with Crippen molar-refractivity contribution in [2.24, 2.45) is 0 Å². The minimum Gasteiger partial charge on any atom is -0.456 e. The summed E-state index contributed by atoms with van der Waals surface area (Å²) in [4.78, 5) is 20.2. The standard InChI is InChI=1S/C46H28N4O2/c1-3-12-29(13-4-1)31-16-9-18-34(26-31)43-48-44(50-45(49-43)38-21-11-23-40-42(38)47-46(52-40)30-14-5-2-6-15-30)35-19-10-17-32(27-35)33-24-25-37-36-20-7-8-22-39(36)51-41(37)28-33/h1-28H. The van der Waals surface area contributed by atoms with E-state index in [0.29, 0.717) is 34.5 Å². The Bertz CT molecular complexity index is 2910. The molecular formula is C46H28N4O2. The highest BCUT2D eigenvalue weighted by Crippen LogP contribution is 2.36. The topological polar surface area (TPSA) is 77.8 Å². The van der Waals surface area contributed by atoms with Crippen molar-refractivity contribution in [1.82, 2.24) is 19.9 Å². The van der Waals surface area contributed by atoms with Gasteiger partial charge in [-0.15, -0.1) is 0 Å². The van der Waals surface area contributed by atoms with Crippen LogP contribution in [-0.4, -0.2) is 19.9 Å². The van der Waals surface area contributed by atoms with Gasteiger partial charge < -0.3 is 8.83 Å². The van der Waals surface area contributed by atoms with Crippen molar-refractivity contribution in [1.29, 1.82) is 0 Å². The zero-order valence-electron chi connectivity index (χ0n) is 27.8. The van der Waals surface area contributed by atoms with E-state index in [4.69, 9.17) is 28.8 Å². The van der Waals surface area contributed by atoms with Gasteiger partial charge in [-0.2, -0.15) is 0 Å². The molecule has 0 aliphatic rings. The van der Waals surface area contributed by atoms with Gasteiger partial charge in [-0.05, 0) is 76.9 Å². The molecule has 0 aliphatic carbocycles. The van der Waals surface area contributed by atoms with Crippen LogP contribution in [0.5, 0.6) is 0 Å². The number of furan rings is 1. The first-order chi connectivity index (χ1) is 25.7. The molecule has 7 aromatic carbocycles. The third-order valence-electron chi connectivity index (χ3n) is 9.38. The zero-order chi connectivity index (χ0) is 34.4. The van der Waals surface area contributed by atoms with Crippen LogP contribution in [0.2, 0.25) is 0 Å². The van der Waals surface area contributed by atoms with E-state index in [-0.39, 0.29) is 0 Å². The molecule has 10 aromatic rings. The SMILES string of the molecule is c1ccc(-c2cccc(-c3nc(-c4cccc(-c5ccc6c(c5)oc5ccccc56)c4)nc(-c4cccc5oc(-c6ccccc6)nc45)n3)c2)cc1. The highest BCUT2D eigenvalue weighted by atomic mass is 16.3. The predicted octanol–water partition coefficient (Wildman–Crippen LogP) is 11.9. The number of hydrogen-bond acceptors (Lipinski definition) is 6. The summed E-state index contributed by atoms with van der Waals surface area (Å²) in [5, 5.41) is 2.20. The monoisotopic (exact) mass is 668 g/mol. The average Bonchev–Trinajstić information content (AvgIpc) is 3.83. The molecule has 0 aliphatic heterocycles. The fourth-order valence-corrected chi connectivity index (χ4v) is 6.80. The van der Waals surface area contributed by atoms with Crippen LogP contribution < -0.4 is 0 Å². The highest BCUT2D eigenvalue weighted by Gasteiger charge is 2.19. The molecule has 0 bridgehead atoms. The van der Waals surface area contributed by atoms with Crippen molar-refractivity contribution < 1.29 is 8.83 Å². The number of oxazole rings is 1. The Morgan fingerprint density at radius 2 is 0.846 bits per heavy atom. The van der Waals surface area contributed by atoms with Gasteiger partial charge in [-0.1, -0.05) is 115 Å². The summed E-state index contributed by atoms with van der Waals surface area (Å²) in [5.74, 6) is 2.18. The maximum absolute atomic E-state index is 6.24. The van der Waals surface area contributed by atoms with Crippen LogP contribution in [0.4, 0.5) is 0 Å². The molecular weight excluding hydrogens is 641 g/mol. The number of rotatable bonds is 6. The summed E-state index contributed by atoms with van der Waals surface area (Å²) in [7, 11) is 0. The minimum atomic E-state index is 0.512. The first-order valence-electron chi connectivity index (χ1n) is 17.1. The summed E-state index contributed by atoms with van der Waals surface area (Å²) in [6, 6.07) is 57.2. The average molecular weight is 669 g/mol. The third-order valence-corrected chi connectivity index (χ3v) is 9.38. The lowest BCUT2D eigenvalue weighted by molar-refractivity contribution is 0.620. The molecule has 0 unspecified atom stereocenters. The van der Waals surface area contributed by atoms with E-state index in [1.54, 1.807) is 0 Å². The summed E-state index contributed by atoms with van der Waals surface area (Å²) in [5.41, 5.74) is 10.8. The minimum absolute atomic E-state index is 0.512. The fraction of sp³-hybridized carbons (Fsp3) is 0. The van der Waals surface area contributed by atoms with Crippen LogP contribution in [-0.2, 0) is 0 Å². The van der Waals surface area contributed by atoms with Gasteiger partial charge in [0, 0.05) is 33.0 Å². The van der Waals surface area contributed by atoms with Crippen molar-refractivity contribution in [2.45, 2.75) is 0 Å². The van der Waals surface area contributed by atoms with Gasteiger partial charge in [-0.25, -0.2) is 19.9 Å². The molecule has 52 heavy (non-hydrogen) atoms. The van der Waals surface area contributed by atoms with Crippen LogP contribution in [0.25, 0.3) is 101 Å². The first-order valence-corrected chi connectivity index (χ1v) is 17.1. The lowest BCUT2D eigenvalue weighted by atomic mass is 10.0. The Balaban J connectivity index is 1.13. The van der Waals surface area contributed by atoms with Crippen molar-refractivity contribution in [2.75, 3.05) is 0 Å². The smallest absolute Gasteiger partial charge is 0.227 e. The number of hydrogen-bond donors (Lipinski definition) is 0. The van der Waals surface area contributed by atoms with Crippen LogP contribution >= 0.6 is 0 Å². The summed E-state index contributed by atoms with van der Waals surface area (Å²) >= 11 is 0. The number of fused-ring (bicyclic) bond motifs is 4. The van der Waals surface area contributed by atoms with E-state index in [2.05, 4.69) is 60.7 Å². The maximum atomic E-state index is 6.24. The Morgan fingerprint density at radius 3 is 1.60 bits per heavy atom. The molecule has 0 amide bonds. The highest BCUT2D eigenvalue weighted by molar-refractivity contribution is 6.06. The second-order valence-electron chi connectivity index (χ2n) is 12.7. The van der Waals surface area contributed by atoms with Crippen LogP contribution in [0.3, 0.4) is 0 Å². The zero-order valence-corrected chi connectivity index (χ0v) is 27.8. The first kappa shape index (κ1) is 29.7. The molecule has 244 valence electrons. The van der Waals surface area contributed by atoms with E-state index in [0.717, 1.165) is 66.4 Å². The molecule has 0 atom stereocenters. The Hall–Kier alpha value is -7.18. The molecule has 0 fully saturated rings. The van der Waals surface area contributed by atoms with Gasteiger partial charge >= 0.3 is 0 Å². The molecule has 3 aromatic heterocycles. The Kier molecular flexibility index (Phi) is 7.03. The normalized spacial score (nSPS) is 11.5. The van der Waals surface area contributed by atoms with E-state index in [9.17, 15) is 0 Å². The Labute approximate surface area is 298 Å². The van der Waals surface area contributed by atoms with Crippen molar-refractivity contribution in [3.8, 4) is 67.9 Å². The lowest BCUT2D eigenvalue weighted by Gasteiger charge is -2.11. The summed E-state index contributed by atoms with van der Waals surface area (Å²) < 4.78 is 12.5. The van der Waals surface area contributed by atoms with E-state index >= 15 is 0 Å². The van der Waals surface area contributed by atoms with E-state index in [1.165, 1.54) is 0 Å². The number of para-hydroxylation sites is 2. The van der Waals surface area contributed by atoms with Crippen LogP contribution in [0, 0.1) is 0 Å². The Morgan fingerprint density at radius 1 is 0.308 bits per heavy atom. The molecule has 3 heterocycles. The molecule has 0 N–H and O–H groups in total. The molecule has 6 nitrogen and oxygen atoms in total. The largest absolute Gasteiger partial charge is 0.456 e. The number of benzene rings is 7. The maximum Gasteiger partial charge on any atom is 0.227 e. The second kappa shape index (κ2) is 12.3. The van der Waals surface area contributed by atoms with Gasteiger partial charge in [0.2, 0.25) is 5.89 Å². The summed E-state index contributed by atoms with van der Waals surface area (Å²) in [6.45, 7) is 0. The molecule has 6 heteroatoms. The third kappa shape index (κ3) is 5.30. The molecule has 0 saturated carbocycles. The van der Waals surface area contributed by atoms with E-state index < -0.39 is 0 Å². The van der Waals surface area contributed by atoms with Gasteiger partial charge in [0.25, 0.3) is 0 Å². The summed E-state index contributed by atoms with van der Waals surface area (Å²) in [6.07, 6.45) is 0. The van der Waals surface area contributed by atoms with Crippen molar-refractivity contribution in [3.05, 3.63) is 170 Å². The van der Waals surface area contributed by atoms with Crippen LogP contribution in [0.15, 0.2) is 179 Å². The molecule has 0 saturated heterocycles. The molecule has 0 spiro atoms. The van der Waals surface area contributed by atoms with E-state index in [1.807, 2.05) is 109 Å². The number of aromatic nitrogens is 4. The second-order valence-corrected chi connectivity index (χ2v) is 12.7. The van der Waals surface area contributed by atoms with Crippen molar-refractivity contribution >= 4 is 33.0 Å².